The van der Waals surface area contributed by atoms with Gasteiger partial charge in [-0.2, -0.15) is 5.11 Å². The molecule has 0 rings (SSSR count). The Labute approximate surface area is 42.5 Å². The molecule has 0 aliphatic rings. The third-order valence-electron chi connectivity index (χ3n) is 0.544. The van der Waals surface area contributed by atoms with Crippen molar-refractivity contribution >= 4 is 0 Å². The average molecular weight is 100 g/mol. The molecule has 0 heterocycles. The van der Waals surface area contributed by atoms with Crippen molar-refractivity contribution < 1.29 is 4.74 Å². The number of methoxy groups -OCH3 is 1. The van der Waals surface area contributed by atoms with E-state index in [1.54, 1.807) is 0 Å². The quantitative estimate of drug-likeness (QED) is 0.420. The zero-order valence-corrected chi connectivity index (χ0v) is 4.27. The third-order valence-corrected chi connectivity index (χ3v) is 0.544. The van der Waals surface area contributed by atoms with Crippen molar-refractivity contribution in [1.82, 2.24) is 0 Å². The van der Waals surface area contributed by atoms with Crippen LogP contribution in [0.25, 0.3) is 0 Å². The molecular formula is C4H8N2O. The van der Waals surface area contributed by atoms with Crippen LogP contribution in [-0.2, 0) is 4.74 Å². The van der Waals surface area contributed by atoms with Crippen molar-refractivity contribution in [2.75, 3.05) is 13.7 Å². The van der Waals surface area contributed by atoms with Gasteiger partial charge in [-0.05, 0) is 0 Å². The van der Waals surface area contributed by atoms with Gasteiger partial charge >= 0.3 is 0 Å². The minimum atomic E-state index is 0.274. The van der Waals surface area contributed by atoms with Crippen molar-refractivity contribution in [2.24, 2.45) is 5.11 Å². The van der Waals surface area contributed by atoms with E-state index in [4.69, 9.17) is 5.53 Å². The fourth-order valence-electron chi connectivity index (χ4n) is 0.153. The predicted octanol–water partition coefficient (Wildman–Crippen LogP) is 1.18. The smallest absolute Gasteiger partial charge is 0.116 e. The van der Waals surface area contributed by atoms with Gasteiger partial charge in [-0.15, -0.1) is 0 Å². The molecule has 0 aromatic heterocycles. The molecule has 0 aliphatic heterocycles. The summed E-state index contributed by atoms with van der Waals surface area (Å²) in [7, 11) is 1.51. The molecule has 7 heavy (non-hydrogen) atoms. The maximum absolute atomic E-state index is 6.32. The van der Waals surface area contributed by atoms with E-state index in [9.17, 15) is 0 Å². The van der Waals surface area contributed by atoms with Crippen molar-refractivity contribution in [3.8, 4) is 0 Å². The lowest BCUT2D eigenvalue weighted by Crippen LogP contribution is -1.85. The first-order valence-electron chi connectivity index (χ1n) is 1.86. The first-order valence-corrected chi connectivity index (χ1v) is 1.86. The number of ether oxygens (including phenoxy) is 1. The molecule has 0 atom stereocenters. The standard InChI is InChI=1S/C4H8N2O/c1-4(7-2)3-6-5/h5H,1,3H2,2H3. The molecule has 0 fully saturated rings. The van der Waals surface area contributed by atoms with Crippen LogP contribution < -0.4 is 0 Å². The molecule has 0 bridgehead atoms. The molecule has 3 heteroatoms. The zero-order valence-electron chi connectivity index (χ0n) is 4.27. The van der Waals surface area contributed by atoms with E-state index in [0.29, 0.717) is 5.76 Å². The largest absolute Gasteiger partial charge is 0.500 e. The number of hydrogen-bond acceptors (Lipinski definition) is 3. The van der Waals surface area contributed by atoms with Crippen molar-refractivity contribution in [3.63, 3.8) is 0 Å². The van der Waals surface area contributed by atoms with E-state index in [2.05, 4.69) is 16.4 Å². The Bertz CT molecular complexity index is 79.8. The van der Waals surface area contributed by atoms with Gasteiger partial charge in [0, 0.05) is 0 Å². The van der Waals surface area contributed by atoms with Crippen molar-refractivity contribution in [3.05, 3.63) is 12.3 Å². The Hall–Kier alpha value is -0.860. The monoisotopic (exact) mass is 100 g/mol. The molecule has 0 radical (unpaired) electrons. The van der Waals surface area contributed by atoms with E-state index in [1.165, 1.54) is 7.11 Å². The Morgan fingerprint density at radius 1 is 2.00 bits per heavy atom. The van der Waals surface area contributed by atoms with Crippen LogP contribution in [0.2, 0.25) is 0 Å². The highest BCUT2D eigenvalue weighted by atomic mass is 16.5. The summed E-state index contributed by atoms with van der Waals surface area (Å²) in [5.74, 6) is 0.523. The number of hydrogen-bond donors (Lipinski definition) is 1. The van der Waals surface area contributed by atoms with Gasteiger partial charge < -0.3 is 4.74 Å². The van der Waals surface area contributed by atoms with Crippen molar-refractivity contribution in [1.29, 1.82) is 5.53 Å². The van der Waals surface area contributed by atoms with E-state index in [-0.39, 0.29) is 6.54 Å². The second-order valence-electron chi connectivity index (χ2n) is 1.06. The van der Waals surface area contributed by atoms with Crippen molar-refractivity contribution in [2.45, 2.75) is 0 Å². The second kappa shape index (κ2) is 3.33. The zero-order chi connectivity index (χ0) is 5.70. The highest BCUT2D eigenvalue weighted by Gasteiger charge is 1.83. The highest BCUT2D eigenvalue weighted by molar-refractivity contribution is 4.82. The molecule has 0 saturated heterocycles. The predicted molar refractivity (Wildman–Crippen MR) is 26.2 cm³/mol. The maximum atomic E-state index is 6.32. The first-order chi connectivity index (χ1) is 3.31. The van der Waals surface area contributed by atoms with Crippen LogP contribution in [0.1, 0.15) is 0 Å². The Morgan fingerprint density at radius 2 is 2.57 bits per heavy atom. The molecule has 0 aromatic carbocycles. The Kier molecular flexibility index (Phi) is 2.92. The lowest BCUT2D eigenvalue weighted by molar-refractivity contribution is 0.287. The highest BCUT2D eigenvalue weighted by Crippen LogP contribution is 1.87. The molecule has 1 N–H and O–H groups in total. The van der Waals surface area contributed by atoms with Gasteiger partial charge in [0.2, 0.25) is 0 Å². The summed E-state index contributed by atoms with van der Waals surface area (Å²) in [6.07, 6.45) is 0. The minimum absolute atomic E-state index is 0.274. The average Bonchev–Trinajstić information content (AvgIpc) is 1.68. The van der Waals surface area contributed by atoms with Gasteiger partial charge in [-0.1, -0.05) is 6.58 Å². The normalized spacial score (nSPS) is 7.57. The summed E-state index contributed by atoms with van der Waals surface area (Å²) in [4.78, 5) is 0. The summed E-state index contributed by atoms with van der Waals surface area (Å²) in [6, 6.07) is 0. The molecule has 3 nitrogen and oxygen atoms in total. The third kappa shape index (κ3) is 2.96. The summed E-state index contributed by atoms with van der Waals surface area (Å²) in [5, 5.41) is 3.03. The molecule has 0 unspecified atom stereocenters. The summed E-state index contributed by atoms with van der Waals surface area (Å²) < 4.78 is 4.58. The molecule has 0 amide bonds. The molecule has 0 saturated carbocycles. The fraction of sp³-hybridized carbons (Fsp3) is 0.500. The van der Waals surface area contributed by atoms with Crippen LogP contribution in [0.15, 0.2) is 17.5 Å². The fourth-order valence-corrected chi connectivity index (χ4v) is 0.153. The SMILES string of the molecule is C=C(CN=N)OC. The van der Waals surface area contributed by atoms with Crippen LogP contribution in [0.4, 0.5) is 0 Å². The molecular weight excluding hydrogens is 92.1 g/mol. The van der Waals surface area contributed by atoms with E-state index < -0.39 is 0 Å². The summed E-state index contributed by atoms with van der Waals surface area (Å²) >= 11 is 0. The van der Waals surface area contributed by atoms with E-state index in [1.807, 2.05) is 0 Å². The lowest BCUT2D eigenvalue weighted by Gasteiger charge is -1.94. The number of rotatable bonds is 3. The van der Waals surface area contributed by atoms with Gasteiger partial charge in [0.1, 0.15) is 12.3 Å². The Morgan fingerprint density at radius 3 is 2.71 bits per heavy atom. The molecule has 0 spiro atoms. The summed E-state index contributed by atoms with van der Waals surface area (Å²) in [6.45, 7) is 3.70. The van der Waals surface area contributed by atoms with Gasteiger partial charge in [0.15, 0.2) is 0 Å². The Balaban J connectivity index is 3.17. The second-order valence-corrected chi connectivity index (χ2v) is 1.06. The maximum Gasteiger partial charge on any atom is 0.116 e. The van der Waals surface area contributed by atoms with E-state index >= 15 is 0 Å². The minimum Gasteiger partial charge on any atom is -0.500 e. The first kappa shape index (κ1) is 6.14. The van der Waals surface area contributed by atoms with Crippen LogP contribution >= 0.6 is 0 Å². The summed E-state index contributed by atoms with van der Waals surface area (Å²) in [5.41, 5.74) is 6.32. The van der Waals surface area contributed by atoms with Crippen LogP contribution in [0.5, 0.6) is 0 Å². The molecule has 40 valence electrons. The topological polar surface area (TPSA) is 45.4 Å². The van der Waals surface area contributed by atoms with Crippen LogP contribution in [-0.4, -0.2) is 13.7 Å². The van der Waals surface area contributed by atoms with Gasteiger partial charge in [0.05, 0.1) is 7.11 Å². The van der Waals surface area contributed by atoms with Gasteiger partial charge in [-0.25, -0.2) is 5.53 Å². The van der Waals surface area contributed by atoms with Crippen LogP contribution in [0.3, 0.4) is 0 Å². The van der Waals surface area contributed by atoms with E-state index in [0.717, 1.165) is 0 Å². The molecule has 0 aliphatic carbocycles. The van der Waals surface area contributed by atoms with Crippen LogP contribution in [0, 0.1) is 5.53 Å². The number of nitrogens with zero attached hydrogens (tertiary/aromatic N) is 1. The molecule has 0 aromatic rings. The van der Waals surface area contributed by atoms with Gasteiger partial charge in [0.25, 0.3) is 0 Å². The lowest BCUT2D eigenvalue weighted by atomic mass is 10.6. The van der Waals surface area contributed by atoms with Gasteiger partial charge in [-0.3, -0.25) is 0 Å². The number of nitrogens with one attached hydrogen (secondary N) is 1.